The zero-order valence-electron chi connectivity index (χ0n) is 14.5. The van der Waals surface area contributed by atoms with Gasteiger partial charge in [0.05, 0.1) is 0 Å². The van der Waals surface area contributed by atoms with Crippen LogP contribution in [0.4, 0.5) is 4.39 Å². The summed E-state index contributed by atoms with van der Waals surface area (Å²) in [7, 11) is 0. The topological polar surface area (TPSA) is 20.2 Å². The van der Waals surface area contributed by atoms with Crippen LogP contribution in [-0.4, -0.2) is 5.11 Å². The van der Waals surface area contributed by atoms with Crippen LogP contribution in [0.25, 0.3) is 22.3 Å². The second-order valence-electron chi connectivity index (χ2n) is 6.40. The van der Waals surface area contributed by atoms with Crippen LogP contribution in [0.2, 0.25) is 0 Å². The van der Waals surface area contributed by atoms with Crippen molar-refractivity contribution < 1.29 is 9.50 Å². The molecule has 0 saturated carbocycles. The van der Waals surface area contributed by atoms with Crippen molar-refractivity contribution in [3.63, 3.8) is 0 Å². The van der Waals surface area contributed by atoms with Crippen molar-refractivity contribution >= 4 is 0 Å². The Bertz CT molecular complexity index is 820. The van der Waals surface area contributed by atoms with Gasteiger partial charge in [-0.25, -0.2) is 4.39 Å². The van der Waals surface area contributed by atoms with Crippen molar-refractivity contribution in [3.05, 3.63) is 78.1 Å². The lowest BCUT2D eigenvalue weighted by atomic mass is 9.98. The summed E-state index contributed by atoms with van der Waals surface area (Å²) in [5.74, 6) is -0.0239. The number of phenols is 1. The fraction of sp³-hybridized carbons (Fsp3) is 0.217. The molecule has 0 aliphatic carbocycles. The van der Waals surface area contributed by atoms with E-state index in [0.29, 0.717) is 5.56 Å². The third kappa shape index (κ3) is 4.27. The molecule has 0 spiro atoms. The first-order valence-corrected chi connectivity index (χ1v) is 8.85. The van der Waals surface area contributed by atoms with Crippen molar-refractivity contribution in [1.29, 1.82) is 0 Å². The van der Waals surface area contributed by atoms with Crippen LogP contribution in [0.1, 0.15) is 31.7 Å². The number of unbranched alkanes of at least 4 members (excludes halogenated alkanes) is 2. The largest absolute Gasteiger partial charge is 0.508 e. The van der Waals surface area contributed by atoms with Crippen molar-refractivity contribution in [1.82, 2.24) is 0 Å². The third-order valence-electron chi connectivity index (χ3n) is 4.50. The first kappa shape index (κ1) is 17.2. The molecule has 0 saturated heterocycles. The van der Waals surface area contributed by atoms with Gasteiger partial charge in [-0.15, -0.1) is 0 Å². The van der Waals surface area contributed by atoms with E-state index >= 15 is 0 Å². The van der Waals surface area contributed by atoms with Gasteiger partial charge >= 0.3 is 0 Å². The van der Waals surface area contributed by atoms with Crippen LogP contribution in [0, 0.1) is 5.82 Å². The number of benzene rings is 3. The van der Waals surface area contributed by atoms with E-state index in [-0.39, 0.29) is 11.6 Å². The van der Waals surface area contributed by atoms with Gasteiger partial charge in [-0.3, -0.25) is 0 Å². The molecule has 0 radical (unpaired) electrons. The molecule has 0 aliphatic rings. The summed E-state index contributed by atoms with van der Waals surface area (Å²) in [6.07, 6.45) is 4.74. The lowest BCUT2D eigenvalue weighted by Gasteiger charge is -2.08. The van der Waals surface area contributed by atoms with E-state index in [2.05, 4.69) is 19.1 Å². The molecule has 3 aromatic rings. The quantitative estimate of drug-likeness (QED) is 0.504. The molecule has 25 heavy (non-hydrogen) atoms. The second kappa shape index (κ2) is 7.98. The Balaban J connectivity index is 1.79. The van der Waals surface area contributed by atoms with E-state index in [1.165, 1.54) is 24.8 Å². The van der Waals surface area contributed by atoms with Gasteiger partial charge in [-0.05, 0) is 53.3 Å². The minimum absolute atomic E-state index is 0.208. The van der Waals surface area contributed by atoms with E-state index in [4.69, 9.17) is 0 Å². The lowest BCUT2D eigenvalue weighted by molar-refractivity contribution is 0.475. The molecule has 0 atom stereocenters. The molecule has 1 N–H and O–H groups in total. The Kier molecular flexibility index (Phi) is 5.49. The Morgan fingerprint density at radius 2 is 1.40 bits per heavy atom. The summed E-state index contributed by atoms with van der Waals surface area (Å²) >= 11 is 0. The Morgan fingerprint density at radius 3 is 2.04 bits per heavy atom. The Morgan fingerprint density at radius 1 is 0.760 bits per heavy atom. The summed E-state index contributed by atoms with van der Waals surface area (Å²) < 4.78 is 14.6. The van der Waals surface area contributed by atoms with Crippen LogP contribution in [0.5, 0.6) is 5.75 Å². The van der Waals surface area contributed by atoms with Crippen molar-refractivity contribution in [2.24, 2.45) is 0 Å². The fourth-order valence-corrected chi connectivity index (χ4v) is 3.01. The number of halogens is 1. The van der Waals surface area contributed by atoms with E-state index < -0.39 is 0 Å². The Hall–Kier alpha value is -2.61. The minimum atomic E-state index is -0.232. The zero-order valence-corrected chi connectivity index (χ0v) is 14.5. The molecule has 0 heterocycles. The van der Waals surface area contributed by atoms with Gasteiger partial charge in [0.15, 0.2) is 0 Å². The average molecular weight is 334 g/mol. The summed E-state index contributed by atoms with van der Waals surface area (Å²) in [6, 6.07) is 20.3. The highest BCUT2D eigenvalue weighted by molar-refractivity contribution is 5.71. The predicted molar refractivity (Wildman–Crippen MR) is 102 cm³/mol. The van der Waals surface area contributed by atoms with Crippen LogP contribution in [0.3, 0.4) is 0 Å². The maximum Gasteiger partial charge on any atom is 0.131 e. The predicted octanol–water partition coefficient (Wildman–Crippen LogP) is 6.60. The van der Waals surface area contributed by atoms with Crippen LogP contribution in [-0.2, 0) is 6.42 Å². The van der Waals surface area contributed by atoms with Crippen LogP contribution < -0.4 is 0 Å². The molecule has 0 bridgehead atoms. The van der Waals surface area contributed by atoms with Gasteiger partial charge < -0.3 is 5.11 Å². The van der Waals surface area contributed by atoms with Crippen LogP contribution in [0.15, 0.2) is 66.7 Å². The molecule has 0 fully saturated rings. The van der Waals surface area contributed by atoms with Crippen molar-refractivity contribution in [2.75, 3.05) is 0 Å². The highest BCUT2D eigenvalue weighted by atomic mass is 19.1. The molecule has 3 aromatic carbocycles. The number of hydrogen-bond acceptors (Lipinski definition) is 1. The molecule has 2 heteroatoms. The maximum atomic E-state index is 14.6. The van der Waals surface area contributed by atoms with Gasteiger partial charge in [-0.1, -0.05) is 68.3 Å². The summed E-state index contributed by atoms with van der Waals surface area (Å²) in [5.41, 5.74) is 4.50. The maximum absolute atomic E-state index is 14.6. The van der Waals surface area contributed by atoms with Crippen molar-refractivity contribution in [3.8, 4) is 28.0 Å². The number of rotatable bonds is 6. The first-order chi connectivity index (χ1) is 12.2. The van der Waals surface area contributed by atoms with E-state index in [0.717, 1.165) is 23.1 Å². The van der Waals surface area contributed by atoms with E-state index in [1.54, 1.807) is 30.3 Å². The third-order valence-corrected chi connectivity index (χ3v) is 4.50. The normalized spacial score (nSPS) is 10.8. The van der Waals surface area contributed by atoms with Gasteiger partial charge in [0, 0.05) is 5.56 Å². The number of aromatic hydroxyl groups is 1. The Labute approximate surface area is 148 Å². The van der Waals surface area contributed by atoms with E-state index in [1.807, 2.05) is 24.3 Å². The number of aryl methyl sites for hydroxylation is 1. The second-order valence-corrected chi connectivity index (χ2v) is 6.40. The SMILES string of the molecule is CCCCCc1ccc(-c2ccc(-c3ccc(O)cc3)cc2F)cc1. The van der Waals surface area contributed by atoms with Crippen LogP contribution >= 0.6 is 0 Å². The monoisotopic (exact) mass is 334 g/mol. The van der Waals surface area contributed by atoms with Crippen molar-refractivity contribution in [2.45, 2.75) is 32.6 Å². The number of hydrogen-bond donors (Lipinski definition) is 1. The molecule has 128 valence electrons. The fourth-order valence-electron chi connectivity index (χ4n) is 3.01. The van der Waals surface area contributed by atoms with Gasteiger partial charge in [0.25, 0.3) is 0 Å². The summed E-state index contributed by atoms with van der Waals surface area (Å²) in [6.45, 7) is 2.20. The molecule has 0 unspecified atom stereocenters. The molecule has 0 aromatic heterocycles. The highest BCUT2D eigenvalue weighted by Gasteiger charge is 2.08. The highest BCUT2D eigenvalue weighted by Crippen LogP contribution is 2.29. The molecule has 3 rings (SSSR count). The first-order valence-electron chi connectivity index (χ1n) is 8.85. The smallest absolute Gasteiger partial charge is 0.131 e. The average Bonchev–Trinajstić information content (AvgIpc) is 2.63. The van der Waals surface area contributed by atoms with Gasteiger partial charge in [-0.2, -0.15) is 0 Å². The number of phenolic OH excluding ortho intramolecular Hbond substituents is 1. The van der Waals surface area contributed by atoms with Gasteiger partial charge in [0.1, 0.15) is 11.6 Å². The minimum Gasteiger partial charge on any atom is -0.508 e. The summed E-state index contributed by atoms with van der Waals surface area (Å²) in [5, 5.41) is 9.37. The molecule has 1 nitrogen and oxygen atoms in total. The molecule has 0 amide bonds. The standard InChI is InChI=1S/C23H23FO/c1-2-3-4-5-17-6-8-19(9-7-17)22-15-12-20(16-23(22)24)18-10-13-21(25)14-11-18/h6-16,25H,2-5H2,1H3. The van der Waals surface area contributed by atoms with Gasteiger partial charge in [0.2, 0.25) is 0 Å². The zero-order chi connectivity index (χ0) is 17.6. The molecular weight excluding hydrogens is 311 g/mol. The molecule has 0 aliphatic heterocycles. The molecular formula is C23H23FO. The summed E-state index contributed by atoms with van der Waals surface area (Å²) in [4.78, 5) is 0. The van der Waals surface area contributed by atoms with E-state index in [9.17, 15) is 9.50 Å². The lowest BCUT2D eigenvalue weighted by Crippen LogP contribution is -1.89.